The Balaban J connectivity index is 1.54. The molecular formula is C25H25NO2. The van der Waals surface area contributed by atoms with E-state index in [2.05, 4.69) is 41.3 Å². The van der Waals surface area contributed by atoms with Gasteiger partial charge in [-0.2, -0.15) is 0 Å². The Bertz CT molecular complexity index is 906. The average molecular weight is 371 g/mol. The van der Waals surface area contributed by atoms with Crippen molar-refractivity contribution in [1.29, 1.82) is 0 Å². The van der Waals surface area contributed by atoms with Crippen molar-refractivity contribution >= 4 is 5.78 Å². The molecule has 1 aliphatic rings. The first-order chi connectivity index (χ1) is 13.7. The molecule has 0 aliphatic carbocycles. The van der Waals surface area contributed by atoms with E-state index < -0.39 is 0 Å². The molecule has 1 heterocycles. The van der Waals surface area contributed by atoms with Crippen LogP contribution in [0, 0.1) is 0 Å². The number of hydrogen-bond acceptors (Lipinski definition) is 3. The van der Waals surface area contributed by atoms with E-state index in [1.54, 1.807) is 0 Å². The minimum absolute atomic E-state index is 0.0567. The molecule has 1 aliphatic heterocycles. The fourth-order valence-electron chi connectivity index (χ4n) is 3.96. The number of carbonyl (C=O) groups is 1. The highest BCUT2D eigenvalue weighted by molar-refractivity contribution is 5.97. The number of aliphatic hydroxyl groups is 1. The van der Waals surface area contributed by atoms with Crippen LogP contribution < -0.4 is 0 Å². The predicted octanol–water partition coefficient (Wildman–Crippen LogP) is 4.73. The fourth-order valence-corrected chi connectivity index (χ4v) is 3.96. The van der Waals surface area contributed by atoms with Crippen LogP contribution in [0.4, 0.5) is 0 Å². The molecule has 1 saturated heterocycles. The minimum atomic E-state index is -0.318. The number of aliphatic hydroxyl groups excluding tert-OH is 1. The third-order valence-electron chi connectivity index (χ3n) is 5.53. The van der Waals surface area contributed by atoms with Gasteiger partial charge in [0.25, 0.3) is 0 Å². The topological polar surface area (TPSA) is 40.5 Å². The van der Waals surface area contributed by atoms with Crippen LogP contribution in [0.15, 0.2) is 84.9 Å². The standard InChI is InChI=1S/C25H25NO2/c27-23-15-16-26(18-25(28)22-9-5-2-6-10-22)24(17-23)21-13-11-20(12-14-21)19-7-3-1-4-8-19/h1-14,23-24,27H,15-18H2. The van der Waals surface area contributed by atoms with Crippen LogP contribution in [-0.2, 0) is 0 Å². The molecule has 3 heteroatoms. The highest BCUT2D eigenvalue weighted by atomic mass is 16.3. The number of piperidine rings is 1. The van der Waals surface area contributed by atoms with E-state index in [0.29, 0.717) is 19.4 Å². The van der Waals surface area contributed by atoms with Crippen molar-refractivity contribution in [2.24, 2.45) is 0 Å². The van der Waals surface area contributed by atoms with Crippen molar-refractivity contribution in [2.45, 2.75) is 25.0 Å². The van der Waals surface area contributed by atoms with Crippen LogP contribution in [0.5, 0.6) is 0 Å². The van der Waals surface area contributed by atoms with Gasteiger partial charge in [-0.05, 0) is 29.5 Å². The van der Waals surface area contributed by atoms with Crippen molar-refractivity contribution in [1.82, 2.24) is 4.90 Å². The number of rotatable bonds is 5. The van der Waals surface area contributed by atoms with Gasteiger partial charge in [0, 0.05) is 18.2 Å². The van der Waals surface area contributed by atoms with E-state index in [-0.39, 0.29) is 17.9 Å². The SMILES string of the molecule is O=C(CN1CCC(O)CC1c1ccc(-c2ccccc2)cc1)c1ccccc1. The Labute approximate surface area is 166 Å². The molecule has 1 N–H and O–H groups in total. The maximum Gasteiger partial charge on any atom is 0.176 e. The van der Waals surface area contributed by atoms with Gasteiger partial charge in [0.2, 0.25) is 0 Å². The van der Waals surface area contributed by atoms with E-state index >= 15 is 0 Å². The van der Waals surface area contributed by atoms with Crippen LogP contribution in [0.3, 0.4) is 0 Å². The van der Waals surface area contributed by atoms with E-state index in [9.17, 15) is 9.90 Å². The van der Waals surface area contributed by atoms with Crippen molar-refractivity contribution in [3.8, 4) is 11.1 Å². The Morgan fingerprint density at radius 1 is 0.857 bits per heavy atom. The third-order valence-corrected chi connectivity index (χ3v) is 5.53. The Kier molecular flexibility index (Phi) is 5.65. The number of hydrogen-bond donors (Lipinski definition) is 1. The van der Waals surface area contributed by atoms with Gasteiger partial charge in [0.05, 0.1) is 12.6 Å². The van der Waals surface area contributed by atoms with Gasteiger partial charge in [-0.25, -0.2) is 0 Å². The first kappa shape index (κ1) is 18.6. The average Bonchev–Trinajstić information content (AvgIpc) is 2.76. The largest absolute Gasteiger partial charge is 0.393 e. The van der Waals surface area contributed by atoms with Crippen molar-refractivity contribution in [2.75, 3.05) is 13.1 Å². The normalized spacial score (nSPS) is 20.0. The summed E-state index contributed by atoms with van der Waals surface area (Å²) in [6, 6.07) is 28.3. The fraction of sp³-hybridized carbons (Fsp3) is 0.240. The highest BCUT2D eigenvalue weighted by Gasteiger charge is 2.30. The predicted molar refractivity (Wildman–Crippen MR) is 112 cm³/mol. The first-order valence-corrected chi connectivity index (χ1v) is 9.86. The summed E-state index contributed by atoms with van der Waals surface area (Å²) in [5.41, 5.74) is 4.26. The zero-order valence-corrected chi connectivity index (χ0v) is 15.9. The van der Waals surface area contributed by atoms with E-state index in [0.717, 1.165) is 17.7 Å². The summed E-state index contributed by atoms with van der Waals surface area (Å²) in [6.45, 7) is 1.10. The van der Waals surface area contributed by atoms with Gasteiger partial charge in [0.1, 0.15) is 0 Å². The number of Topliss-reactive ketones (excluding diaryl/α,β-unsaturated/α-hetero) is 1. The molecule has 0 amide bonds. The zero-order chi connectivity index (χ0) is 19.3. The Morgan fingerprint density at radius 3 is 2.14 bits per heavy atom. The van der Waals surface area contributed by atoms with Crippen LogP contribution in [0.2, 0.25) is 0 Å². The molecule has 0 spiro atoms. The lowest BCUT2D eigenvalue weighted by atomic mass is 9.91. The van der Waals surface area contributed by atoms with E-state index in [1.165, 1.54) is 11.1 Å². The maximum absolute atomic E-state index is 12.7. The summed E-state index contributed by atoms with van der Waals surface area (Å²) in [6.07, 6.45) is 1.05. The summed E-state index contributed by atoms with van der Waals surface area (Å²) < 4.78 is 0. The quantitative estimate of drug-likeness (QED) is 0.659. The zero-order valence-electron chi connectivity index (χ0n) is 15.9. The molecule has 3 aromatic rings. The molecule has 0 saturated carbocycles. The molecule has 3 aromatic carbocycles. The van der Waals surface area contributed by atoms with Gasteiger partial charge in [-0.1, -0.05) is 84.9 Å². The lowest BCUT2D eigenvalue weighted by Crippen LogP contribution is -2.41. The number of likely N-dealkylation sites (tertiary alicyclic amines) is 1. The van der Waals surface area contributed by atoms with Crippen LogP contribution in [0.1, 0.15) is 34.8 Å². The second kappa shape index (κ2) is 8.51. The molecule has 3 nitrogen and oxygen atoms in total. The summed E-state index contributed by atoms with van der Waals surface area (Å²) in [7, 11) is 0. The summed E-state index contributed by atoms with van der Waals surface area (Å²) in [5, 5.41) is 10.2. The lowest BCUT2D eigenvalue weighted by molar-refractivity contribution is 0.0390. The van der Waals surface area contributed by atoms with Gasteiger partial charge < -0.3 is 5.11 Å². The molecular weight excluding hydrogens is 346 g/mol. The molecule has 1 fully saturated rings. The summed E-state index contributed by atoms with van der Waals surface area (Å²) in [5.74, 6) is 0.128. The van der Waals surface area contributed by atoms with Gasteiger partial charge >= 0.3 is 0 Å². The monoisotopic (exact) mass is 371 g/mol. The first-order valence-electron chi connectivity index (χ1n) is 9.86. The molecule has 4 rings (SSSR count). The molecule has 0 radical (unpaired) electrons. The lowest BCUT2D eigenvalue weighted by Gasteiger charge is -2.37. The van der Waals surface area contributed by atoms with Gasteiger partial charge in [-0.3, -0.25) is 9.69 Å². The van der Waals surface area contributed by atoms with Crippen LogP contribution >= 0.6 is 0 Å². The van der Waals surface area contributed by atoms with Gasteiger partial charge in [0.15, 0.2) is 5.78 Å². The number of ketones is 1. The highest BCUT2D eigenvalue weighted by Crippen LogP contribution is 2.32. The second-order valence-corrected chi connectivity index (χ2v) is 7.44. The number of nitrogens with zero attached hydrogens (tertiary/aromatic N) is 1. The van der Waals surface area contributed by atoms with Gasteiger partial charge in [-0.15, -0.1) is 0 Å². The Morgan fingerprint density at radius 2 is 1.46 bits per heavy atom. The van der Waals surface area contributed by atoms with Crippen LogP contribution in [0.25, 0.3) is 11.1 Å². The van der Waals surface area contributed by atoms with Crippen LogP contribution in [-0.4, -0.2) is 35.0 Å². The van der Waals surface area contributed by atoms with E-state index in [1.807, 2.05) is 48.5 Å². The molecule has 2 unspecified atom stereocenters. The van der Waals surface area contributed by atoms with Crippen molar-refractivity contribution in [3.63, 3.8) is 0 Å². The minimum Gasteiger partial charge on any atom is -0.393 e. The third kappa shape index (κ3) is 4.22. The number of carbonyl (C=O) groups excluding carboxylic acids is 1. The molecule has 2 atom stereocenters. The Hall–Kier alpha value is -2.75. The maximum atomic E-state index is 12.7. The molecule has 0 aromatic heterocycles. The van der Waals surface area contributed by atoms with E-state index in [4.69, 9.17) is 0 Å². The second-order valence-electron chi connectivity index (χ2n) is 7.44. The number of benzene rings is 3. The van der Waals surface area contributed by atoms with Crippen molar-refractivity contribution in [3.05, 3.63) is 96.1 Å². The molecule has 28 heavy (non-hydrogen) atoms. The smallest absolute Gasteiger partial charge is 0.176 e. The summed E-state index contributed by atoms with van der Waals surface area (Å²) >= 11 is 0. The molecule has 0 bridgehead atoms. The summed E-state index contributed by atoms with van der Waals surface area (Å²) in [4.78, 5) is 14.9. The molecule has 142 valence electrons. The van der Waals surface area contributed by atoms with Crippen molar-refractivity contribution < 1.29 is 9.90 Å².